The zero-order chi connectivity index (χ0) is 29.5. The van der Waals surface area contributed by atoms with Crippen molar-refractivity contribution in [3.05, 3.63) is 18.2 Å². The van der Waals surface area contributed by atoms with E-state index in [1.807, 2.05) is 0 Å². The molecule has 41 heavy (non-hydrogen) atoms. The third-order valence-corrected chi connectivity index (χ3v) is 9.44. The van der Waals surface area contributed by atoms with Crippen molar-refractivity contribution in [1.29, 1.82) is 0 Å². The molecule has 0 saturated carbocycles. The fourth-order valence-corrected chi connectivity index (χ4v) is 6.58. The Bertz CT molecular complexity index is 634. The summed E-state index contributed by atoms with van der Waals surface area (Å²) in [5.41, 5.74) is 0. The number of unbranched alkanes of at least 4 members (excludes halogenated alkanes) is 28. The van der Waals surface area contributed by atoms with Gasteiger partial charge in [-0.05, 0) is 26.2 Å². The minimum absolute atomic E-state index is 1.11. The van der Waals surface area contributed by atoms with Crippen molar-refractivity contribution < 1.29 is 4.57 Å². The third-order valence-electron chi connectivity index (χ3n) is 9.44. The van der Waals surface area contributed by atoms with E-state index in [2.05, 4.69) is 42.3 Å². The second-order valence-corrected chi connectivity index (χ2v) is 13.3. The number of rotatable bonds is 33. The SMILES string of the molecule is CCCCCCCCCCCCCCCCCc1n(CC)cc[n+]1CCCCCCCCCCCCCCCCC. The summed E-state index contributed by atoms with van der Waals surface area (Å²) < 4.78 is 5.07. The Morgan fingerprint density at radius 2 is 0.732 bits per heavy atom. The van der Waals surface area contributed by atoms with E-state index < -0.39 is 0 Å². The molecular formula is C39H77N2+. The zero-order valence-corrected chi connectivity index (χ0v) is 28.9. The van der Waals surface area contributed by atoms with Crippen LogP contribution in [0.3, 0.4) is 0 Å². The molecule has 0 amide bonds. The largest absolute Gasteiger partial charge is 0.256 e. The van der Waals surface area contributed by atoms with Crippen molar-refractivity contribution in [2.24, 2.45) is 0 Å². The number of nitrogens with zero attached hydrogens (tertiary/aromatic N) is 2. The normalized spacial score (nSPS) is 11.6. The minimum Gasteiger partial charge on any atom is -0.235 e. The van der Waals surface area contributed by atoms with E-state index in [9.17, 15) is 0 Å². The number of hydrogen-bond acceptors (Lipinski definition) is 0. The van der Waals surface area contributed by atoms with Crippen LogP contribution in [0.15, 0.2) is 12.4 Å². The van der Waals surface area contributed by atoms with Crippen LogP contribution in [-0.2, 0) is 19.5 Å². The second kappa shape index (κ2) is 30.7. The van der Waals surface area contributed by atoms with Gasteiger partial charge in [0.15, 0.2) is 0 Å². The molecule has 0 aliphatic carbocycles. The fourth-order valence-electron chi connectivity index (χ4n) is 6.58. The highest BCUT2D eigenvalue weighted by atomic mass is 15.1. The molecule has 0 unspecified atom stereocenters. The van der Waals surface area contributed by atoms with Gasteiger partial charge < -0.3 is 0 Å². The monoisotopic (exact) mass is 574 g/mol. The molecule has 0 N–H and O–H groups in total. The first-order chi connectivity index (χ1) is 20.3. The molecule has 242 valence electrons. The topological polar surface area (TPSA) is 8.81 Å². The van der Waals surface area contributed by atoms with Crippen LogP contribution in [-0.4, -0.2) is 4.57 Å². The van der Waals surface area contributed by atoms with E-state index in [0.29, 0.717) is 0 Å². The van der Waals surface area contributed by atoms with Crippen molar-refractivity contribution in [2.45, 2.75) is 233 Å². The lowest BCUT2D eigenvalue weighted by Crippen LogP contribution is -2.37. The van der Waals surface area contributed by atoms with Crippen molar-refractivity contribution in [3.8, 4) is 0 Å². The van der Waals surface area contributed by atoms with Gasteiger partial charge in [0.25, 0.3) is 5.82 Å². The molecule has 2 nitrogen and oxygen atoms in total. The predicted octanol–water partition coefficient (Wildman–Crippen LogP) is 13.1. The van der Waals surface area contributed by atoms with Crippen LogP contribution >= 0.6 is 0 Å². The van der Waals surface area contributed by atoms with Gasteiger partial charge in [-0.15, -0.1) is 0 Å². The van der Waals surface area contributed by atoms with E-state index in [1.165, 1.54) is 206 Å². The molecule has 0 spiro atoms. The summed E-state index contributed by atoms with van der Waals surface area (Å²) in [6, 6.07) is 0. The molecule has 0 aromatic carbocycles. The highest BCUT2D eigenvalue weighted by Gasteiger charge is 2.15. The van der Waals surface area contributed by atoms with Crippen LogP contribution in [0.2, 0.25) is 0 Å². The molecule has 2 heteroatoms. The summed E-state index contributed by atoms with van der Waals surface area (Å²) >= 11 is 0. The maximum absolute atomic E-state index is 2.58. The molecule has 0 bridgehead atoms. The third kappa shape index (κ3) is 23.4. The first-order valence-corrected chi connectivity index (χ1v) is 19.4. The Morgan fingerprint density at radius 3 is 1.07 bits per heavy atom. The molecule has 1 aromatic heterocycles. The van der Waals surface area contributed by atoms with E-state index >= 15 is 0 Å². The average Bonchev–Trinajstić information content (AvgIpc) is 3.38. The van der Waals surface area contributed by atoms with Gasteiger partial charge in [0, 0.05) is 6.42 Å². The summed E-state index contributed by atoms with van der Waals surface area (Å²) in [6.07, 6.45) is 49.3. The Labute approximate surface area is 259 Å². The van der Waals surface area contributed by atoms with E-state index in [4.69, 9.17) is 0 Å². The Balaban J connectivity index is 1.96. The molecular weight excluding hydrogens is 496 g/mol. The molecule has 1 heterocycles. The summed E-state index contributed by atoms with van der Waals surface area (Å²) in [6.45, 7) is 9.25. The molecule has 1 aromatic rings. The Kier molecular flexibility index (Phi) is 28.6. The molecule has 1 rings (SSSR count). The van der Waals surface area contributed by atoms with Gasteiger partial charge in [-0.3, -0.25) is 0 Å². The summed E-state index contributed by atoms with van der Waals surface area (Å²) in [5, 5.41) is 0. The van der Waals surface area contributed by atoms with Crippen molar-refractivity contribution in [1.82, 2.24) is 4.57 Å². The lowest BCUT2D eigenvalue weighted by atomic mass is 10.0. The highest BCUT2D eigenvalue weighted by Crippen LogP contribution is 2.15. The molecule has 0 saturated heterocycles. The van der Waals surface area contributed by atoms with E-state index in [1.54, 1.807) is 5.82 Å². The standard InChI is InChI=1S/C39H77N2/c1-4-7-9-11-13-15-17-19-21-23-25-27-29-31-33-35-39-40(6-3)37-38-41(39)36-34-32-30-28-26-24-22-20-18-16-14-12-10-8-5-2/h37-38H,4-36H2,1-3H3/q+1. The number of hydrogen-bond donors (Lipinski definition) is 0. The molecule has 0 atom stereocenters. The first kappa shape index (κ1) is 38.2. The number of aryl methyl sites for hydroxylation is 2. The molecule has 0 aliphatic heterocycles. The maximum Gasteiger partial charge on any atom is 0.256 e. The average molecular weight is 574 g/mol. The van der Waals surface area contributed by atoms with E-state index in [0.717, 1.165) is 6.54 Å². The lowest BCUT2D eigenvalue weighted by molar-refractivity contribution is -0.704. The number of aromatic nitrogens is 2. The smallest absolute Gasteiger partial charge is 0.235 e. The second-order valence-electron chi connectivity index (χ2n) is 13.3. The summed E-state index contributed by atoms with van der Waals surface area (Å²) in [4.78, 5) is 0. The summed E-state index contributed by atoms with van der Waals surface area (Å²) in [5.74, 6) is 1.58. The fraction of sp³-hybridized carbons (Fsp3) is 0.923. The highest BCUT2D eigenvalue weighted by molar-refractivity contribution is 4.84. The van der Waals surface area contributed by atoms with Gasteiger partial charge in [-0.1, -0.05) is 187 Å². The van der Waals surface area contributed by atoms with Crippen LogP contribution in [0.5, 0.6) is 0 Å². The van der Waals surface area contributed by atoms with Gasteiger partial charge in [0.1, 0.15) is 12.4 Å². The van der Waals surface area contributed by atoms with Gasteiger partial charge in [-0.2, -0.15) is 0 Å². The first-order valence-electron chi connectivity index (χ1n) is 19.4. The Morgan fingerprint density at radius 1 is 0.415 bits per heavy atom. The quantitative estimate of drug-likeness (QED) is 0.0584. The van der Waals surface area contributed by atoms with Crippen LogP contribution in [0.1, 0.15) is 219 Å². The summed E-state index contributed by atoms with van der Waals surface area (Å²) in [7, 11) is 0. The van der Waals surface area contributed by atoms with Crippen molar-refractivity contribution in [3.63, 3.8) is 0 Å². The minimum atomic E-state index is 1.11. The van der Waals surface area contributed by atoms with Crippen LogP contribution in [0.4, 0.5) is 0 Å². The van der Waals surface area contributed by atoms with Gasteiger partial charge in [-0.25, -0.2) is 9.13 Å². The van der Waals surface area contributed by atoms with Crippen molar-refractivity contribution in [2.75, 3.05) is 0 Å². The maximum atomic E-state index is 2.58. The Hall–Kier alpha value is -0.790. The molecule has 0 radical (unpaired) electrons. The van der Waals surface area contributed by atoms with Crippen LogP contribution < -0.4 is 4.57 Å². The van der Waals surface area contributed by atoms with Crippen LogP contribution in [0.25, 0.3) is 0 Å². The number of imidazole rings is 1. The van der Waals surface area contributed by atoms with Gasteiger partial charge in [0.05, 0.1) is 13.1 Å². The van der Waals surface area contributed by atoms with Crippen molar-refractivity contribution >= 4 is 0 Å². The molecule has 0 aliphatic rings. The van der Waals surface area contributed by atoms with Gasteiger partial charge >= 0.3 is 0 Å². The van der Waals surface area contributed by atoms with E-state index in [-0.39, 0.29) is 0 Å². The predicted molar refractivity (Wildman–Crippen MR) is 184 cm³/mol. The lowest BCUT2D eigenvalue weighted by Gasteiger charge is -2.06. The zero-order valence-electron chi connectivity index (χ0n) is 28.9. The molecule has 0 fully saturated rings. The van der Waals surface area contributed by atoms with Gasteiger partial charge in [0.2, 0.25) is 0 Å². The van der Waals surface area contributed by atoms with Crippen LogP contribution in [0, 0.1) is 0 Å².